The number of halogens is 1. The van der Waals surface area contributed by atoms with Crippen LogP contribution in [0.15, 0.2) is 52.1 Å². The maximum atomic E-state index is 6.22. The minimum absolute atomic E-state index is 0.0220. The van der Waals surface area contributed by atoms with Gasteiger partial charge in [0.25, 0.3) is 0 Å². The molecular formula is C14H14ClN3O. The topological polar surface area (TPSA) is 63.5 Å². The molecule has 2 aromatic rings. The molecule has 19 heavy (non-hydrogen) atoms. The monoisotopic (exact) mass is 275 g/mol. The first-order valence-corrected chi connectivity index (χ1v) is 6.49. The molecule has 2 heterocycles. The van der Waals surface area contributed by atoms with E-state index in [9.17, 15) is 0 Å². The number of hydrogen-bond acceptors (Lipinski definition) is 4. The van der Waals surface area contributed by atoms with Crippen LogP contribution < -0.4 is 11.1 Å². The van der Waals surface area contributed by atoms with E-state index in [-0.39, 0.29) is 12.1 Å². The highest BCUT2D eigenvalue weighted by atomic mass is 35.5. The Morgan fingerprint density at radius 2 is 2.11 bits per heavy atom. The Morgan fingerprint density at radius 3 is 2.84 bits per heavy atom. The van der Waals surface area contributed by atoms with E-state index >= 15 is 0 Å². The zero-order valence-corrected chi connectivity index (χ0v) is 11.0. The highest BCUT2D eigenvalue weighted by molar-refractivity contribution is 6.31. The largest absolute Gasteiger partial charge is 0.467 e. The van der Waals surface area contributed by atoms with Gasteiger partial charge >= 0.3 is 0 Å². The molecule has 1 aliphatic heterocycles. The third kappa shape index (κ3) is 2.44. The molecule has 1 aliphatic rings. The van der Waals surface area contributed by atoms with E-state index in [0.717, 1.165) is 17.7 Å². The molecule has 0 spiro atoms. The number of nitrogens with zero attached hydrogens (tertiary/aromatic N) is 1. The second-order valence-electron chi connectivity index (χ2n) is 4.50. The summed E-state index contributed by atoms with van der Waals surface area (Å²) in [6, 6.07) is 11.5. The van der Waals surface area contributed by atoms with Gasteiger partial charge in [-0.1, -0.05) is 29.8 Å². The van der Waals surface area contributed by atoms with Gasteiger partial charge in [0.2, 0.25) is 0 Å². The lowest BCUT2D eigenvalue weighted by Gasteiger charge is -2.27. The first kappa shape index (κ1) is 12.1. The molecular weight excluding hydrogens is 262 g/mol. The maximum Gasteiger partial charge on any atom is 0.189 e. The Bertz CT molecular complexity index is 594. The summed E-state index contributed by atoms with van der Waals surface area (Å²) in [6.45, 7) is 0. The van der Waals surface area contributed by atoms with Gasteiger partial charge in [0, 0.05) is 11.4 Å². The van der Waals surface area contributed by atoms with E-state index in [1.165, 1.54) is 0 Å². The van der Waals surface area contributed by atoms with Crippen LogP contribution >= 0.6 is 11.6 Å². The molecule has 0 aliphatic carbocycles. The van der Waals surface area contributed by atoms with Gasteiger partial charge in [0.1, 0.15) is 5.76 Å². The number of rotatable bonds is 2. The average molecular weight is 276 g/mol. The lowest BCUT2D eigenvalue weighted by Crippen LogP contribution is -2.39. The second kappa shape index (κ2) is 4.97. The fraction of sp³-hybridized carbons (Fsp3) is 0.214. The fourth-order valence-electron chi connectivity index (χ4n) is 2.34. The summed E-state index contributed by atoms with van der Waals surface area (Å²) in [7, 11) is 0. The summed E-state index contributed by atoms with van der Waals surface area (Å²) >= 11 is 6.22. The van der Waals surface area contributed by atoms with Crippen LogP contribution in [0.1, 0.15) is 29.8 Å². The summed E-state index contributed by atoms with van der Waals surface area (Å²) in [5.74, 6) is 1.27. The number of nitrogens with one attached hydrogen (secondary N) is 1. The van der Waals surface area contributed by atoms with Crippen molar-refractivity contribution in [2.45, 2.75) is 18.5 Å². The van der Waals surface area contributed by atoms with Crippen molar-refractivity contribution in [3.8, 4) is 0 Å². The number of nitrogens with two attached hydrogens (primary N) is 1. The Morgan fingerprint density at radius 1 is 1.26 bits per heavy atom. The van der Waals surface area contributed by atoms with Crippen molar-refractivity contribution in [3.63, 3.8) is 0 Å². The number of hydrogen-bond donors (Lipinski definition) is 2. The van der Waals surface area contributed by atoms with Gasteiger partial charge in [-0.15, -0.1) is 0 Å². The van der Waals surface area contributed by atoms with Crippen molar-refractivity contribution in [3.05, 3.63) is 59.0 Å². The molecule has 3 rings (SSSR count). The van der Waals surface area contributed by atoms with Crippen molar-refractivity contribution in [1.29, 1.82) is 0 Å². The van der Waals surface area contributed by atoms with Crippen LogP contribution in [0, 0.1) is 0 Å². The summed E-state index contributed by atoms with van der Waals surface area (Å²) in [5.41, 5.74) is 6.85. The first-order chi connectivity index (χ1) is 9.24. The Labute approximate surface area is 116 Å². The van der Waals surface area contributed by atoms with Gasteiger partial charge in [0.15, 0.2) is 5.96 Å². The molecule has 3 N–H and O–H groups in total. The smallest absolute Gasteiger partial charge is 0.189 e. The van der Waals surface area contributed by atoms with Crippen molar-refractivity contribution in [2.24, 2.45) is 10.7 Å². The maximum absolute atomic E-state index is 6.22. The molecule has 2 unspecified atom stereocenters. The van der Waals surface area contributed by atoms with Crippen molar-refractivity contribution in [2.75, 3.05) is 0 Å². The van der Waals surface area contributed by atoms with Crippen LogP contribution in [0.5, 0.6) is 0 Å². The molecule has 0 saturated heterocycles. The van der Waals surface area contributed by atoms with E-state index < -0.39 is 0 Å². The fourth-order valence-corrected chi connectivity index (χ4v) is 2.60. The zero-order valence-electron chi connectivity index (χ0n) is 10.2. The van der Waals surface area contributed by atoms with Crippen LogP contribution in [0.25, 0.3) is 0 Å². The quantitative estimate of drug-likeness (QED) is 0.885. The molecule has 0 radical (unpaired) electrons. The summed E-state index contributed by atoms with van der Waals surface area (Å²) in [5, 5.41) is 3.84. The normalized spacial score (nSPS) is 22.7. The molecule has 2 atom stereocenters. The van der Waals surface area contributed by atoms with Gasteiger partial charge in [-0.3, -0.25) is 0 Å². The SMILES string of the molecule is NC1=NC(c2ccccc2Cl)CC(c2ccco2)N1. The minimum Gasteiger partial charge on any atom is -0.467 e. The van der Waals surface area contributed by atoms with Crippen molar-refractivity contribution < 1.29 is 4.42 Å². The van der Waals surface area contributed by atoms with Crippen molar-refractivity contribution >= 4 is 17.6 Å². The van der Waals surface area contributed by atoms with Gasteiger partial charge < -0.3 is 15.5 Å². The highest BCUT2D eigenvalue weighted by Gasteiger charge is 2.27. The zero-order chi connectivity index (χ0) is 13.2. The van der Waals surface area contributed by atoms with Crippen LogP contribution in [0.4, 0.5) is 0 Å². The predicted octanol–water partition coefficient (Wildman–Crippen LogP) is 3.02. The third-order valence-electron chi connectivity index (χ3n) is 3.23. The van der Waals surface area contributed by atoms with E-state index in [4.69, 9.17) is 21.8 Å². The number of benzene rings is 1. The highest BCUT2D eigenvalue weighted by Crippen LogP contribution is 2.35. The van der Waals surface area contributed by atoms with E-state index in [2.05, 4.69) is 10.3 Å². The van der Waals surface area contributed by atoms with Crippen LogP contribution in [0.2, 0.25) is 5.02 Å². The molecule has 0 amide bonds. The third-order valence-corrected chi connectivity index (χ3v) is 3.57. The van der Waals surface area contributed by atoms with Gasteiger partial charge in [0.05, 0.1) is 18.3 Å². The molecule has 98 valence electrons. The van der Waals surface area contributed by atoms with Crippen LogP contribution in [-0.2, 0) is 0 Å². The molecule has 0 saturated carbocycles. The summed E-state index contributed by atoms with van der Waals surface area (Å²) < 4.78 is 5.43. The molecule has 5 heteroatoms. The van der Waals surface area contributed by atoms with E-state index in [0.29, 0.717) is 11.0 Å². The van der Waals surface area contributed by atoms with Crippen LogP contribution in [0.3, 0.4) is 0 Å². The average Bonchev–Trinajstić information content (AvgIpc) is 2.92. The van der Waals surface area contributed by atoms with Gasteiger partial charge in [-0.2, -0.15) is 0 Å². The molecule has 0 fully saturated rings. The lowest BCUT2D eigenvalue weighted by atomic mass is 9.97. The standard InChI is InChI=1S/C14H14ClN3O/c15-10-5-2-1-4-9(10)11-8-12(18-14(16)17-11)13-6-3-7-19-13/h1-7,11-12H,8H2,(H3,16,17,18). The lowest BCUT2D eigenvalue weighted by molar-refractivity contribution is 0.395. The number of furan rings is 1. The summed E-state index contributed by atoms with van der Waals surface area (Å²) in [6.07, 6.45) is 2.42. The Balaban J connectivity index is 1.91. The van der Waals surface area contributed by atoms with E-state index in [1.54, 1.807) is 6.26 Å². The van der Waals surface area contributed by atoms with Crippen LogP contribution in [-0.4, -0.2) is 5.96 Å². The molecule has 4 nitrogen and oxygen atoms in total. The summed E-state index contributed by atoms with van der Waals surface area (Å²) in [4.78, 5) is 4.43. The molecule has 0 bridgehead atoms. The number of aliphatic imine (C=N–C) groups is 1. The Kier molecular flexibility index (Phi) is 3.17. The minimum atomic E-state index is -0.0509. The van der Waals surface area contributed by atoms with Crippen molar-refractivity contribution in [1.82, 2.24) is 5.32 Å². The van der Waals surface area contributed by atoms with E-state index in [1.807, 2.05) is 36.4 Å². The second-order valence-corrected chi connectivity index (χ2v) is 4.91. The number of guanidine groups is 1. The van der Waals surface area contributed by atoms with Gasteiger partial charge in [-0.25, -0.2) is 4.99 Å². The molecule has 1 aromatic heterocycles. The Hall–Kier alpha value is -1.94. The first-order valence-electron chi connectivity index (χ1n) is 6.11. The molecule has 1 aromatic carbocycles. The van der Waals surface area contributed by atoms with Gasteiger partial charge in [-0.05, 0) is 23.8 Å². The predicted molar refractivity (Wildman–Crippen MR) is 75.0 cm³/mol.